The number of aromatic nitrogens is 3. The van der Waals surface area contributed by atoms with Gasteiger partial charge in [0.25, 0.3) is 0 Å². The number of hydrogen-bond acceptors (Lipinski definition) is 4. The molecule has 0 fully saturated rings. The maximum atomic E-state index is 13.5. The fourth-order valence-corrected chi connectivity index (χ4v) is 4.48. The lowest BCUT2D eigenvalue weighted by molar-refractivity contribution is -0.119. The number of methoxy groups -OCH3 is 1. The van der Waals surface area contributed by atoms with Crippen molar-refractivity contribution >= 4 is 17.6 Å². The third kappa shape index (κ3) is 6.17. The molecule has 0 aliphatic heterocycles. The van der Waals surface area contributed by atoms with Gasteiger partial charge in [-0.2, -0.15) is 0 Å². The number of esters is 1. The number of ether oxygens (including phenoxy) is 1. The fourth-order valence-electron chi connectivity index (χ4n) is 4.48. The highest BCUT2D eigenvalue weighted by atomic mass is 16.5. The summed E-state index contributed by atoms with van der Waals surface area (Å²) in [6, 6.07) is 20.4. The summed E-state index contributed by atoms with van der Waals surface area (Å²) in [4.78, 5) is 30.5. The van der Waals surface area contributed by atoms with Crippen LogP contribution in [-0.2, 0) is 22.5 Å². The van der Waals surface area contributed by atoms with Crippen molar-refractivity contribution in [2.45, 2.75) is 52.1 Å². The number of carbonyl (C=O) groups is 2. The lowest BCUT2D eigenvalue weighted by Crippen LogP contribution is -2.29. The van der Waals surface area contributed by atoms with E-state index in [0.717, 1.165) is 35.6 Å². The normalized spacial score (nSPS) is 12.6. The van der Waals surface area contributed by atoms with Crippen LogP contribution in [0.25, 0.3) is 0 Å². The number of benzene rings is 2. The highest BCUT2D eigenvalue weighted by molar-refractivity contribution is 5.95. The fraction of sp³-hybridized carbons (Fsp3) is 0.300. The zero-order valence-corrected chi connectivity index (χ0v) is 21.8. The van der Waals surface area contributed by atoms with Crippen molar-refractivity contribution in [3.05, 3.63) is 107 Å². The minimum absolute atomic E-state index is 0.206. The van der Waals surface area contributed by atoms with Crippen LogP contribution in [0, 0.1) is 6.92 Å². The zero-order valence-electron chi connectivity index (χ0n) is 21.8. The van der Waals surface area contributed by atoms with Crippen LogP contribution < -0.4 is 5.32 Å². The molecule has 7 heteroatoms. The van der Waals surface area contributed by atoms with Crippen LogP contribution in [0.1, 0.15) is 65.4 Å². The Morgan fingerprint density at radius 3 is 2.41 bits per heavy atom. The first-order chi connectivity index (χ1) is 17.9. The molecule has 1 N–H and O–H groups in total. The van der Waals surface area contributed by atoms with Crippen LogP contribution in [-0.4, -0.2) is 33.1 Å². The quantitative estimate of drug-likeness (QED) is 0.282. The second kappa shape index (κ2) is 11.7. The lowest BCUT2D eigenvalue weighted by Gasteiger charge is -2.21. The number of hydrogen-bond donors (Lipinski definition) is 1. The SMILES string of the molecule is CCC(C)c1nc(C)cn1Cc1ccc(NC(=O)[C@H](Cc2ccccc2)n2cccc2C(=O)OC)cc1. The van der Waals surface area contributed by atoms with Gasteiger partial charge in [0.2, 0.25) is 5.91 Å². The van der Waals surface area contributed by atoms with Crippen LogP contribution in [0.2, 0.25) is 0 Å². The minimum atomic E-state index is -0.627. The van der Waals surface area contributed by atoms with Crippen LogP contribution in [0.3, 0.4) is 0 Å². The Morgan fingerprint density at radius 1 is 1.00 bits per heavy atom. The summed E-state index contributed by atoms with van der Waals surface area (Å²) < 4.78 is 8.81. The van der Waals surface area contributed by atoms with E-state index in [2.05, 4.69) is 29.9 Å². The van der Waals surface area contributed by atoms with E-state index in [1.165, 1.54) is 7.11 Å². The van der Waals surface area contributed by atoms with Crippen LogP contribution in [0.4, 0.5) is 5.69 Å². The molecule has 0 saturated heterocycles. The molecule has 0 spiro atoms. The van der Waals surface area contributed by atoms with Gasteiger partial charge in [-0.3, -0.25) is 4.79 Å². The number of imidazole rings is 1. The Morgan fingerprint density at radius 2 is 1.73 bits per heavy atom. The summed E-state index contributed by atoms with van der Waals surface area (Å²) in [5.41, 5.74) is 4.17. The van der Waals surface area contributed by atoms with E-state index in [0.29, 0.717) is 23.7 Å². The molecule has 37 heavy (non-hydrogen) atoms. The third-order valence-corrected chi connectivity index (χ3v) is 6.64. The summed E-state index contributed by atoms with van der Waals surface area (Å²) in [5.74, 6) is 0.792. The molecule has 2 aromatic heterocycles. The molecule has 0 bridgehead atoms. The predicted molar refractivity (Wildman–Crippen MR) is 145 cm³/mol. The van der Waals surface area contributed by atoms with Crippen molar-refractivity contribution in [2.75, 3.05) is 12.4 Å². The summed E-state index contributed by atoms with van der Waals surface area (Å²) in [6.45, 7) is 7.10. The van der Waals surface area contributed by atoms with Gasteiger partial charge >= 0.3 is 5.97 Å². The maximum Gasteiger partial charge on any atom is 0.354 e. The van der Waals surface area contributed by atoms with Gasteiger partial charge < -0.3 is 19.2 Å². The van der Waals surface area contributed by atoms with Gasteiger partial charge in [-0.25, -0.2) is 9.78 Å². The number of anilines is 1. The summed E-state index contributed by atoms with van der Waals surface area (Å²) in [7, 11) is 1.34. The molecule has 0 aliphatic carbocycles. The van der Waals surface area contributed by atoms with E-state index in [1.807, 2.05) is 61.5 Å². The van der Waals surface area contributed by atoms with E-state index in [9.17, 15) is 9.59 Å². The summed E-state index contributed by atoms with van der Waals surface area (Å²) in [5, 5.41) is 3.04. The zero-order chi connectivity index (χ0) is 26.4. The Bertz CT molecular complexity index is 1340. The van der Waals surface area contributed by atoms with Gasteiger partial charge in [0.1, 0.15) is 17.6 Å². The largest absolute Gasteiger partial charge is 0.464 e. The number of aryl methyl sites for hydroxylation is 1. The van der Waals surface area contributed by atoms with Crippen molar-refractivity contribution < 1.29 is 14.3 Å². The monoisotopic (exact) mass is 498 g/mol. The Balaban J connectivity index is 1.53. The molecule has 0 aliphatic rings. The standard InChI is InChI=1S/C30H34N4O3/c1-5-21(2)28-31-22(3)19-33(28)20-24-13-15-25(16-14-24)32-29(35)27(18-23-10-7-6-8-11-23)34-17-9-12-26(34)30(36)37-4/h6-17,19,21,27H,5,18,20H2,1-4H3,(H,32,35)/t21?,27-/m0/s1. The van der Waals surface area contributed by atoms with Gasteiger partial charge in [0.15, 0.2) is 0 Å². The molecule has 1 amide bonds. The molecule has 4 aromatic rings. The van der Waals surface area contributed by atoms with Crippen LogP contribution in [0.5, 0.6) is 0 Å². The van der Waals surface area contributed by atoms with E-state index >= 15 is 0 Å². The molecule has 7 nitrogen and oxygen atoms in total. The second-order valence-corrected chi connectivity index (χ2v) is 9.36. The smallest absolute Gasteiger partial charge is 0.354 e. The van der Waals surface area contributed by atoms with Crippen molar-refractivity contribution in [1.82, 2.24) is 14.1 Å². The number of nitrogens with one attached hydrogen (secondary N) is 1. The number of amides is 1. The molecule has 4 rings (SSSR count). The van der Waals surface area contributed by atoms with Gasteiger partial charge in [-0.15, -0.1) is 0 Å². The number of nitrogens with zero attached hydrogens (tertiary/aromatic N) is 3. The van der Waals surface area contributed by atoms with Gasteiger partial charge in [0.05, 0.1) is 12.8 Å². The summed E-state index contributed by atoms with van der Waals surface area (Å²) in [6.07, 6.45) is 5.29. The average Bonchev–Trinajstić information content (AvgIpc) is 3.54. The first kappa shape index (κ1) is 25.9. The van der Waals surface area contributed by atoms with Gasteiger partial charge in [0, 0.05) is 37.0 Å². The van der Waals surface area contributed by atoms with E-state index in [1.54, 1.807) is 22.9 Å². The number of rotatable bonds is 10. The van der Waals surface area contributed by atoms with Gasteiger partial charge in [-0.05, 0) is 48.7 Å². The number of carbonyl (C=O) groups excluding carboxylic acids is 2. The van der Waals surface area contributed by atoms with Gasteiger partial charge in [-0.1, -0.05) is 56.3 Å². The highest BCUT2D eigenvalue weighted by Gasteiger charge is 2.25. The topological polar surface area (TPSA) is 78.2 Å². The van der Waals surface area contributed by atoms with Crippen LogP contribution >= 0.6 is 0 Å². The molecule has 0 saturated carbocycles. The second-order valence-electron chi connectivity index (χ2n) is 9.36. The highest BCUT2D eigenvalue weighted by Crippen LogP contribution is 2.23. The van der Waals surface area contributed by atoms with Crippen molar-refractivity contribution in [1.29, 1.82) is 0 Å². The van der Waals surface area contributed by atoms with E-state index < -0.39 is 12.0 Å². The molecule has 2 atom stereocenters. The maximum absolute atomic E-state index is 13.5. The predicted octanol–water partition coefficient (Wildman–Crippen LogP) is 5.76. The molecular weight excluding hydrogens is 464 g/mol. The molecular formula is C30H34N4O3. The third-order valence-electron chi connectivity index (χ3n) is 6.64. The summed E-state index contributed by atoms with van der Waals surface area (Å²) >= 11 is 0. The van der Waals surface area contributed by atoms with Crippen molar-refractivity contribution in [2.24, 2.45) is 0 Å². The Kier molecular flexibility index (Phi) is 8.23. The first-order valence-corrected chi connectivity index (χ1v) is 12.6. The molecule has 0 radical (unpaired) electrons. The van der Waals surface area contributed by atoms with Crippen molar-refractivity contribution in [3.63, 3.8) is 0 Å². The van der Waals surface area contributed by atoms with Crippen molar-refractivity contribution in [3.8, 4) is 0 Å². The Labute approximate surface area is 218 Å². The first-order valence-electron chi connectivity index (χ1n) is 12.6. The molecule has 2 heterocycles. The molecule has 192 valence electrons. The van der Waals surface area contributed by atoms with E-state index in [4.69, 9.17) is 9.72 Å². The minimum Gasteiger partial charge on any atom is -0.464 e. The lowest BCUT2D eigenvalue weighted by atomic mass is 10.0. The van der Waals surface area contributed by atoms with Crippen LogP contribution in [0.15, 0.2) is 79.1 Å². The average molecular weight is 499 g/mol. The Hall–Kier alpha value is -4.13. The van der Waals surface area contributed by atoms with E-state index in [-0.39, 0.29) is 5.91 Å². The molecule has 2 aromatic carbocycles. The molecule has 1 unspecified atom stereocenters.